The summed E-state index contributed by atoms with van der Waals surface area (Å²) in [6.45, 7) is 2.17. The second-order valence-corrected chi connectivity index (χ2v) is 3.37. The predicted molar refractivity (Wildman–Crippen MR) is 61.1 cm³/mol. The van der Waals surface area contributed by atoms with Gasteiger partial charge in [-0.15, -0.1) is 0 Å². The van der Waals surface area contributed by atoms with Crippen LogP contribution in [0.4, 0.5) is 5.69 Å². The van der Waals surface area contributed by atoms with Crippen molar-refractivity contribution in [1.29, 1.82) is 0 Å². The number of esters is 1. The maximum Gasteiger partial charge on any atom is 0.354 e. The van der Waals surface area contributed by atoms with Gasteiger partial charge < -0.3 is 14.7 Å². The van der Waals surface area contributed by atoms with Crippen molar-refractivity contribution in [3.8, 4) is 0 Å². The highest BCUT2D eigenvalue weighted by Gasteiger charge is 2.09. The van der Waals surface area contributed by atoms with Crippen molar-refractivity contribution < 1.29 is 19.4 Å². The Bertz CT molecular complexity index is 402. The summed E-state index contributed by atoms with van der Waals surface area (Å²) in [6, 6.07) is 2.98. The smallest absolute Gasteiger partial charge is 0.354 e. The van der Waals surface area contributed by atoms with Crippen LogP contribution in [0.3, 0.4) is 0 Å². The Hall–Kier alpha value is -2.11. The van der Waals surface area contributed by atoms with E-state index in [1.54, 1.807) is 24.9 Å². The number of carbonyl (C=O) groups is 2. The molecule has 0 aliphatic rings. The van der Waals surface area contributed by atoms with E-state index in [4.69, 9.17) is 9.84 Å². The molecular weight excluding hydrogens is 224 g/mol. The van der Waals surface area contributed by atoms with Crippen molar-refractivity contribution in [2.45, 2.75) is 6.92 Å². The van der Waals surface area contributed by atoms with Crippen LogP contribution in [-0.2, 0) is 9.53 Å². The molecule has 0 amide bonds. The zero-order valence-electron chi connectivity index (χ0n) is 9.71. The molecule has 0 spiro atoms. The average molecular weight is 238 g/mol. The SMILES string of the molecule is CCOC(=O)CN(C)c1ccc(C(=O)O)nc1. The molecule has 0 aromatic carbocycles. The summed E-state index contributed by atoms with van der Waals surface area (Å²) in [7, 11) is 1.70. The van der Waals surface area contributed by atoms with E-state index in [0.717, 1.165) is 0 Å². The van der Waals surface area contributed by atoms with Crippen LogP contribution in [-0.4, -0.2) is 42.2 Å². The monoisotopic (exact) mass is 238 g/mol. The molecule has 0 aliphatic heterocycles. The topological polar surface area (TPSA) is 79.7 Å². The van der Waals surface area contributed by atoms with Crippen LogP contribution in [0.1, 0.15) is 17.4 Å². The molecular formula is C11H14N2O4. The molecule has 6 nitrogen and oxygen atoms in total. The first kappa shape index (κ1) is 13.0. The highest BCUT2D eigenvalue weighted by Crippen LogP contribution is 2.11. The van der Waals surface area contributed by atoms with Gasteiger partial charge in [0.05, 0.1) is 18.5 Å². The van der Waals surface area contributed by atoms with Crippen molar-refractivity contribution in [3.63, 3.8) is 0 Å². The van der Waals surface area contributed by atoms with Crippen molar-refractivity contribution in [3.05, 3.63) is 24.0 Å². The van der Waals surface area contributed by atoms with Crippen molar-refractivity contribution in [1.82, 2.24) is 4.98 Å². The summed E-state index contributed by atoms with van der Waals surface area (Å²) in [6.07, 6.45) is 1.41. The standard InChI is InChI=1S/C11H14N2O4/c1-3-17-10(14)7-13(2)8-4-5-9(11(15)16)12-6-8/h4-6H,3,7H2,1-2H3,(H,15,16). The highest BCUT2D eigenvalue weighted by molar-refractivity contribution is 5.85. The van der Waals surface area contributed by atoms with E-state index in [0.29, 0.717) is 12.3 Å². The summed E-state index contributed by atoms with van der Waals surface area (Å²) < 4.78 is 4.80. The second-order valence-electron chi connectivity index (χ2n) is 3.37. The lowest BCUT2D eigenvalue weighted by molar-refractivity contribution is -0.141. The lowest BCUT2D eigenvalue weighted by Crippen LogP contribution is -2.27. The Balaban J connectivity index is 2.66. The zero-order valence-corrected chi connectivity index (χ0v) is 9.71. The number of ether oxygens (including phenoxy) is 1. The Kier molecular flexibility index (Phi) is 4.45. The van der Waals surface area contributed by atoms with E-state index in [-0.39, 0.29) is 18.2 Å². The van der Waals surface area contributed by atoms with E-state index in [1.807, 2.05) is 0 Å². The van der Waals surface area contributed by atoms with Gasteiger partial charge in [-0.25, -0.2) is 9.78 Å². The van der Waals surface area contributed by atoms with Gasteiger partial charge in [0, 0.05) is 7.05 Å². The first-order chi connectivity index (χ1) is 8.04. The molecule has 1 N–H and O–H groups in total. The number of likely N-dealkylation sites (N-methyl/N-ethyl adjacent to an activating group) is 1. The molecule has 0 unspecified atom stereocenters. The fraction of sp³-hybridized carbons (Fsp3) is 0.364. The molecule has 1 rings (SSSR count). The Morgan fingerprint density at radius 2 is 2.18 bits per heavy atom. The van der Waals surface area contributed by atoms with Gasteiger partial charge in [0.2, 0.25) is 0 Å². The molecule has 0 atom stereocenters. The number of aromatic carboxylic acids is 1. The van der Waals surface area contributed by atoms with Crippen LogP contribution < -0.4 is 4.90 Å². The molecule has 1 heterocycles. The number of hydrogen-bond acceptors (Lipinski definition) is 5. The maximum absolute atomic E-state index is 11.2. The highest BCUT2D eigenvalue weighted by atomic mass is 16.5. The van der Waals surface area contributed by atoms with Gasteiger partial charge in [0.15, 0.2) is 0 Å². The molecule has 0 saturated heterocycles. The molecule has 1 aromatic rings. The molecule has 92 valence electrons. The van der Waals surface area contributed by atoms with E-state index in [2.05, 4.69) is 4.98 Å². The molecule has 0 radical (unpaired) electrons. The average Bonchev–Trinajstić information content (AvgIpc) is 2.29. The lowest BCUT2D eigenvalue weighted by atomic mass is 10.3. The third-order valence-corrected chi connectivity index (χ3v) is 2.08. The molecule has 1 aromatic heterocycles. The van der Waals surface area contributed by atoms with Gasteiger partial charge in [0.25, 0.3) is 0 Å². The minimum absolute atomic E-state index is 0.0294. The predicted octanol–water partition coefficient (Wildman–Crippen LogP) is 0.779. The van der Waals surface area contributed by atoms with E-state index < -0.39 is 5.97 Å². The number of carboxylic acid groups (broad SMARTS) is 1. The zero-order chi connectivity index (χ0) is 12.8. The first-order valence-electron chi connectivity index (χ1n) is 5.10. The molecule has 0 aliphatic carbocycles. The number of aromatic nitrogens is 1. The second kappa shape index (κ2) is 5.83. The van der Waals surface area contributed by atoms with E-state index in [9.17, 15) is 9.59 Å². The van der Waals surface area contributed by atoms with Gasteiger partial charge in [-0.3, -0.25) is 4.79 Å². The molecule has 17 heavy (non-hydrogen) atoms. The number of rotatable bonds is 5. The van der Waals surface area contributed by atoms with Gasteiger partial charge in [-0.05, 0) is 19.1 Å². The minimum atomic E-state index is -1.08. The Morgan fingerprint density at radius 1 is 1.47 bits per heavy atom. The molecule has 6 heteroatoms. The molecule has 0 saturated carbocycles. The van der Waals surface area contributed by atoms with Gasteiger partial charge in [-0.2, -0.15) is 0 Å². The molecule has 0 fully saturated rings. The van der Waals surface area contributed by atoms with E-state index >= 15 is 0 Å². The van der Waals surface area contributed by atoms with Gasteiger partial charge >= 0.3 is 11.9 Å². The number of anilines is 1. The third-order valence-electron chi connectivity index (χ3n) is 2.08. The van der Waals surface area contributed by atoms with Crippen LogP contribution in [0.5, 0.6) is 0 Å². The quantitative estimate of drug-likeness (QED) is 0.763. The Labute approximate surface area is 98.8 Å². The van der Waals surface area contributed by atoms with Gasteiger partial charge in [-0.1, -0.05) is 0 Å². The van der Waals surface area contributed by atoms with Crippen molar-refractivity contribution in [2.75, 3.05) is 25.1 Å². The summed E-state index contributed by atoms with van der Waals surface area (Å²) >= 11 is 0. The van der Waals surface area contributed by atoms with Crippen molar-refractivity contribution >= 4 is 17.6 Å². The normalized spacial score (nSPS) is 9.76. The Morgan fingerprint density at radius 3 is 2.65 bits per heavy atom. The number of carboxylic acids is 1. The fourth-order valence-corrected chi connectivity index (χ4v) is 1.23. The number of hydrogen-bond donors (Lipinski definition) is 1. The fourth-order valence-electron chi connectivity index (χ4n) is 1.23. The van der Waals surface area contributed by atoms with Crippen LogP contribution in [0.25, 0.3) is 0 Å². The minimum Gasteiger partial charge on any atom is -0.477 e. The van der Waals surface area contributed by atoms with Crippen LogP contribution >= 0.6 is 0 Å². The summed E-state index contributed by atoms with van der Waals surface area (Å²) in [5.74, 6) is -1.41. The number of pyridine rings is 1. The summed E-state index contributed by atoms with van der Waals surface area (Å²) in [5, 5.41) is 8.68. The summed E-state index contributed by atoms with van der Waals surface area (Å²) in [5.41, 5.74) is 0.626. The number of carbonyl (C=O) groups excluding carboxylic acids is 1. The lowest BCUT2D eigenvalue weighted by Gasteiger charge is -2.17. The largest absolute Gasteiger partial charge is 0.477 e. The maximum atomic E-state index is 11.2. The van der Waals surface area contributed by atoms with Crippen molar-refractivity contribution in [2.24, 2.45) is 0 Å². The van der Waals surface area contributed by atoms with Crippen LogP contribution in [0.15, 0.2) is 18.3 Å². The van der Waals surface area contributed by atoms with Crippen LogP contribution in [0.2, 0.25) is 0 Å². The van der Waals surface area contributed by atoms with E-state index in [1.165, 1.54) is 12.3 Å². The number of nitrogens with zero attached hydrogens (tertiary/aromatic N) is 2. The third kappa shape index (κ3) is 3.75. The van der Waals surface area contributed by atoms with Crippen LogP contribution in [0, 0.1) is 0 Å². The van der Waals surface area contributed by atoms with Gasteiger partial charge in [0.1, 0.15) is 12.2 Å². The summed E-state index contributed by atoms with van der Waals surface area (Å²) in [4.78, 5) is 27.2. The molecule has 0 bridgehead atoms. The first-order valence-corrected chi connectivity index (χ1v) is 5.10.